The van der Waals surface area contributed by atoms with Crippen molar-refractivity contribution in [3.8, 4) is 0 Å². The summed E-state index contributed by atoms with van der Waals surface area (Å²) in [5.41, 5.74) is 6.16. The van der Waals surface area contributed by atoms with Crippen LogP contribution < -0.4 is 11.1 Å². The number of amides is 1. The van der Waals surface area contributed by atoms with Crippen LogP contribution in [0.15, 0.2) is 18.0 Å². The van der Waals surface area contributed by atoms with Gasteiger partial charge in [-0.3, -0.25) is 9.59 Å². The number of allylic oxidation sites excluding steroid dienone is 1. The molecular formula is C41H67N5O5. The minimum atomic E-state index is -0.647. The van der Waals surface area contributed by atoms with E-state index in [9.17, 15) is 14.7 Å². The topological polar surface area (TPSA) is 142 Å². The van der Waals surface area contributed by atoms with Crippen molar-refractivity contribution in [3.63, 3.8) is 0 Å². The molecular weight excluding hydrogens is 642 g/mol. The number of nitrogens with two attached hydrogens (primary N) is 1. The van der Waals surface area contributed by atoms with Crippen molar-refractivity contribution in [1.29, 1.82) is 0 Å². The Balaban J connectivity index is 1.47. The molecule has 4 fully saturated rings. The van der Waals surface area contributed by atoms with Gasteiger partial charge in [0, 0.05) is 22.9 Å². The number of aromatic nitrogens is 3. The summed E-state index contributed by atoms with van der Waals surface area (Å²) in [6.07, 6.45) is 9.03. The third-order valence-electron chi connectivity index (χ3n) is 16.4. The Morgan fingerprint density at radius 2 is 1.82 bits per heavy atom. The maximum Gasteiger partial charge on any atom is 0.307 e. The number of nitrogens with zero attached hydrogens (tertiary/aromatic N) is 3. The van der Waals surface area contributed by atoms with Gasteiger partial charge >= 0.3 is 5.97 Å². The van der Waals surface area contributed by atoms with Gasteiger partial charge in [-0.15, -0.1) is 0 Å². The van der Waals surface area contributed by atoms with Crippen molar-refractivity contribution in [2.75, 3.05) is 26.4 Å². The zero-order chi connectivity index (χ0) is 37.5. The molecule has 4 N–H and O–H groups in total. The first-order chi connectivity index (χ1) is 23.7. The number of hydrogen-bond donors (Lipinski definition) is 3. The molecule has 12 atom stereocenters. The lowest BCUT2D eigenvalue weighted by molar-refractivity contribution is -0.252. The molecule has 0 spiro atoms. The number of carboxylic acids is 1. The molecule has 0 radical (unpaired) electrons. The van der Waals surface area contributed by atoms with E-state index in [0.29, 0.717) is 50.4 Å². The summed E-state index contributed by atoms with van der Waals surface area (Å²) in [6, 6.07) is -0.271. The molecule has 1 aliphatic heterocycles. The van der Waals surface area contributed by atoms with Gasteiger partial charge in [0.25, 0.3) is 5.91 Å². The Kier molecular flexibility index (Phi) is 9.74. The Bertz CT molecular complexity index is 1540. The van der Waals surface area contributed by atoms with E-state index in [-0.39, 0.29) is 57.5 Å². The second-order valence-electron chi connectivity index (χ2n) is 19.4. The monoisotopic (exact) mass is 710 g/mol. The third-order valence-corrected chi connectivity index (χ3v) is 16.4. The number of carbonyl (C=O) groups is 2. The largest absolute Gasteiger partial charge is 0.481 e. The smallest absolute Gasteiger partial charge is 0.307 e. The highest BCUT2D eigenvalue weighted by Gasteiger charge is 2.72. The van der Waals surface area contributed by atoms with Gasteiger partial charge in [-0.05, 0) is 98.2 Å². The maximum absolute atomic E-state index is 13.5. The fraction of sp³-hybridized carbons (Fsp3) is 0.854. The van der Waals surface area contributed by atoms with E-state index in [1.54, 1.807) is 0 Å². The molecule has 6 rings (SSSR count). The number of ether oxygens (including phenoxy) is 2. The number of fused-ring (bicyclic) bond motifs is 3. The fourth-order valence-electron chi connectivity index (χ4n) is 12.5. The third kappa shape index (κ3) is 5.49. The molecule has 1 amide bonds. The van der Waals surface area contributed by atoms with Gasteiger partial charge in [0.2, 0.25) is 5.82 Å². The van der Waals surface area contributed by atoms with E-state index >= 15 is 0 Å². The van der Waals surface area contributed by atoms with Crippen LogP contribution in [0.5, 0.6) is 0 Å². The van der Waals surface area contributed by atoms with Crippen LogP contribution in [0.1, 0.15) is 131 Å². The van der Waals surface area contributed by atoms with Gasteiger partial charge in [-0.1, -0.05) is 74.0 Å². The first-order valence-corrected chi connectivity index (χ1v) is 19.8. The minimum Gasteiger partial charge on any atom is -0.481 e. The molecule has 5 aliphatic rings. The highest BCUT2D eigenvalue weighted by atomic mass is 16.5. The van der Waals surface area contributed by atoms with Gasteiger partial charge in [-0.25, -0.2) is 9.67 Å². The van der Waals surface area contributed by atoms with E-state index in [4.69, 9.17) is 20.3 Å². The molecule has 0 aromatic carbocycles. The molecule has 2 heterocycles. The van der Waals surface area contributed by atoms with Crippen LogP contribution in [-0.2, 0) is 14.3 Å². The molecule has 0 unspecified atom stereocenters. The lowest BCUT2D eigenvalue weighted by atomic mass is 9.34. The average Bonchev–Trinajstić information content (AvgIpc) is 3.54. The summed E-state index contributed by atoms with van der Waals surface area (Å²) in [5.74, 6) is 0.394. The summed E-state index contributed by atoms with van der Waals surface area (Å²) in [6.45, 7) is 26.3. The van der Waals surface area contributed by atoms with Crippen molar-refractivity contribution >= 4 is 11.9 Å². The lowest BCUT2D eigenvalue weighted by Gasteiger charge is -2.71. The molecule has 4 aliphatic carbocycles. The number of aliphatic carboxylic acids is 1. The summed E-state index contributed by atoms with van der Waals surface area (Å²) in [5, 5.41) is 18.8. The van der Waals surface area contributed by atoms with Crippen molar-refractivity contribution in [2.45, 2.75) is 132 Å². The number of hydrogen-bond acceptors (Lipinski definition) is 7. The standard InChI is InChI=1S/C41H67N5O5/c1-12-43-34(47)33-44-23-45-46(33)29-19-41-22-50-20-37(8,32(29)51-21-40(11,42)25(4)5)30(41)14-13-27-28(41)15-16-39(10)31(35(48)49)36(7,26(6)24(2)3)17-18-38(27,39)9/h15,23-27,29-32H,12-14,16-22,42H2,1-11H3,(H,43,47)(H,48,49)/t26-,27+,29-,30+,31-,32+,36-,37+,38-,39+,40+,41+/m1/s1. The van der Waals surface area contributed by atoms with Crippen LogP contribution in [0, 0.1) is 62.6 Å². The van der Waals surface area contributed by atoms with Crippen molar-refractivity contribution < 1.29 is 24.2 Å². The average molecular weight is 710 g/mol. The van der Waals surface area contributed by atoms with E-state index in [1.165, 1.54) is 11.9 Å². The summed E-state index contributed by atoms with van der Waals surface area (Å²) < 4.78 is 15.6. The Morgan fingerprint density at radius 1 is 1.12 bits per heavy atom. The number of nitrogens with one attached hydrogen (secondary N) is 1. The Hall–Kier alpha value is -2.30. The van der Waals surface area contributed by atoms with Gasteiger partial charge in [0.05, 0.1) is 37.9 Å². The number of rotatable bonds is 10. The number of carbonyl (C=O) groups excluding carboxylic acids is 1. The molecule has 286 valence electrons. The first kappa shape index (κ1) is 38.4. The molecule has 51 heavy (non-hydrogen) atoms. The van der Waals surface area contributed by atoms with Crippen LogP contribution in [-0.4, -0.2) is 69.8 Å². The molecule has 1 aromatic heterocycles. The van der Waals surface area contributed by atoms with Crippen molar-refractivity contribution in [2.24, 2.45) is 68.3 Å². The van der Waals surface area contributed by atoms with E-state index in [0.717, 1.165) is 32.1 Å². The van der Waals surface area contributed by atoms with Gasteiger partial charge in [-0.2, -0.15) is 5.10 Å². The minimum absolute atomic E-state index is 0.190. The highest BCUT2D eigenvalue weighted by molar-refractivity contribution is 5.90. The van der Waals surface area contributed by atoms with Gasteiger partial charge in [0.1, 0.15) is 6.33 Å². The summed E-state index contributed by atoms with van der Waals surface area (Å²) >= 11 is 0. The molecule has 10 nitrogen and oxygen atoms in total. The van der Waals surface area contributed by atoms with Crippen LogP contribution in [0.25, 0.3) is 0 Å². The summed E-state index contributed by atoms with van der Waals surface area (Å²) in [7, 11) is 0. The molecule has 3 saturated carbocycles. The van der Waals surface area contributed by atoms with Crippen LogP contribution >= 0.6 is 0 Å². The fourth-order valence-corrected chi connectivity index (χ4v) is 12.5. The quantitative estimate of drug-likeness (QED) is 0.223. The van der Waals surface area contributed by atoms with Gasteiger partial charge < -0.3 is 25.6 Å². The summed E-state index contributed by atoms with van der Waals surface area (Å²) in [4.78, 5) is 31.4. The zero-order valence-electron chi connectivity index (χ0n) is 33.3. The molecule has 1 saturated heterocycles. The van der Waals surface area contributed by atoms with Crippen LogP contribution in [0.3, 0.4) is 0 Å². The second-order valence-corrected chi connectivity index (χ2v) is 19.4. The van der Waals surface area contributed by atoms with Crippen LogP contribution in [0.2, 0.25) is 0 Å². The predicted molar refractivity (Wildman–Crippen MR) is 198 cm³/mol. The second kappa shape index (κ2) is 12.9. The van der Waals surface area contributed by atoms with Crippen molar-refractivity contribution in [3.05, 3.63) is 23.8 Å². The van der Waals surface area contributed by atoms with E-state index in [2.05, 4.69) is 78.7 Å². The molecule has 1 aromatic rings. The lowest BCUT2D eigenvalue weighted by Crippen LogP contribution is -2.69. The first-order valence-electron chi connectivity index (χ1n) is 19.8. The van der Waals surface area contributed by atoms with Crippen LogP contribution in [0.4, 0.5) is 0 Å². The normalized spacial score (nSPS) is 42.2. The predicted octanol–water partition coefficient (Wildman–Crippen LogP) is 6.92. The Labute approximate surface area is 306 Å². The van der Waals surface area contributed by atoms with Gasteiger partial charge in [0.15, 0.2) is 0 Å². The Morgan fingerprint density at radius 3 is 2.45 bits per heavy atom. The number of carboxylic acid groups (broad SMARTS) is 1. The highest BCUT2D eigenvalue weighted by Crippen LogP contribution is 2.75. The van der Waals surface area contributed by atoms with E-state index in [1.807, 2.05) is 18.5 Å². The van der Waals surface area contributed by atoms with Crippen molar-refractivity contribution in [1.82, 2.24) is 20.1 Å². The molecule has 2 bridgehead atoms. The zero-order valence-corrected chi connectivity index (χ0v) is 33.3. The molecule has 10 heteroatoms. The van der Waals surface area contributed by atoms with E-state index < -0.39 is 22.8 Å². The maximum atomic E-state index is 13.5. The SMILES string of the molecule is CCNC(=O)c1ncnn1[C@@H]1C[C@@]23COC[C@@](C)([C@@H]2CC[C@H]2C3=CC[C@@]3(C)[C@H](C(=O)O)[C@@](C)([C@H](C)C(C)C)CC[C@]23C)[C@H]1OC[C@](C)(N)C(C)C.